The first-order valence-electron chi connectivity index (χ1n) is 6.66. The van der Waals surface area contributed by atoms with Crippen molar-refractivity contribution in [2.24, 2.45) is 0 Å². The Labute approximate surface area is 137 Å². The van der Waals surface area contributed by atoms with Crippen LogP contribution in [0.1, 0.15) is 12.5 Å². The Morgan fingerprint density at radius 1 is 1.18 bits per heavy atom. The lowest BCUT2D eigenvalue weighted by Gasteiger charge is -2.20. The summed E-state index contributed by atoms with van der Waals surface area (Å²) >= 11 is 3.42. The summed E-state index contributed by atoms with van der Waals surface area (Å²) in [5, 5.41) is 2.73. The molecule has 3 amide bonds. The minimum absolute atomic E-state index is 0.312. The first-order chi connectivity index (χ1) is 10.5. The summed E-state index contributed by atoms with van der Waals surface area (Å²) in [6.07, 6.45) is 0. The minimum Gasteiger partial charge on any atom is -0.399 e. The summed E-state index contributed by atoms with van der Waals surface area (Å²) in [6, 6.07) is 13.7. The van der Waals surface area contributed by atoms with Crippen molar-refractivity contribution in [2.45, 2.75) is 13.5 Å². The molecule has 0 atom stereocenters. The number of anilines is 2. The number of carbonyl (C=O) groups is 2. The quantitative estimate of drug-likeness (QED) is 0.823. The molecule has 0 aliphatic carbocycles. The second kappa shape index (κ2) is 7.09. The number of halogens is 1. The van der Waals surface area contributed by atoms with E-state index >= 15 is 0 Å². The number of carbonyl (C=O) groups excluding carboxylic acids is 2. The number of nitrogens with two attached hydrogens (primary N) is 1. The number of hydrogen-bond donors (Lipinski definition) is 2. The molecular weight excluding hydrogens is 346 g/mol. The fourth-order valence-electron chi connectivity index (χ4n) is 2.00. The second-order valence-corrected chi connectivity index (χ2v) is 5.55. The van der Waals surface area contributed by atoms with Crippen LogP contribution in [-0.2, 0) is 11.3 Å². The van der Waals surface area contributed by atoms with E-state index in [1.54, 1.807) is 24.3 Å². The zero-order valence-electron chi connectivity index (χ0n) is 12.0. The summed E-state index contributed by atoms with van der Waals surface area (Å²) in [5.74, 6) is -0.379. The maximum absolute atomic E-state index is 12.3. The fourth-order valence-corrected chi connectivity index (χ4v) is 2.42. The van der Waals surface area contributed by atoms with Gasteiger partial charge in [-0.3, -0.25) is 4.79 Å². The van der Waals surface area contributed by atoms with Crippen LogP contribution in [0, 0.1) is 0 Å². The molecule has 0 aliphatic rings. The average Bonchev–Trinajstić information content (AvgIpc) is 2.46. The predicted molar refractivity (Wildman–Crippen MR) is 90.4 cm³/mol. The molecule has 3 N–H and O–H groups in total. The molecule has 0 spiro atoms. The third-order valence-corrected chi connectivity index (χ3v) is 3.81. The highest BCUT2D eigenvalue weighted by Gasteiger charge is 2.20. The van der Waals surface area contributed by atoms with Gasteiger partial charge in [0, 0.05) is 23.6 Å². The number of benzene rings is 2. The van der Waals surface area contributed by atoms with Crippen LogP contribution < -0.4 is 16.0 Å². The Kier molecular flexibility index (Phi) is 5.16. The molecule has 6 heteroatoms. The lowest BCUT2D eigenvalue weighted by molar-refractivity contribution is -0.115. The molecule has 2 rings (SSSR count). The van der Waals surface area contributed by atoms with E-state index < -0.39 is 6.03 Å². The molecule has 0 aromatic heterocycles. The zero-order valence-corrected chi connectivity index (χ0v) is 13.6. The van der Waals surface area contributed by atoms with E-state index in [-0.39, 0.29) is 5.91 Å². The van der Waals surface area contributed by atoms with Gasteiger partial charge in [-0.2, -0.15) is 0 Å². The Bertz CT molecular complexity index is 703. The van der Waals surface area contributed by atoms with Gasteiger partial charge in [0.05, 0.1) is 5.69 Å². The highest BCUT2D eigenvalue weighted by molar-refractivity contribution is 9.10. The van der Waals surface area contributed by atoms with Gasteiger partial charge < -0.3 is 11.1 Å². The third kappa shape index (κ3) is 3.85. The lowest BCUT2D eigenvalue weighted by Crippen LogP contribution is -2.42. The number of hydrogen-bond acceptors (Lipinski definition) is 3. The SMILES string of the molecule is CC(=O)N(C(=O)NCc1ccccc1Br)c1cccc(N)c1. The number of imide groups is 1. The van der Waals surface area contributed by atoms with E-state index in [0.717, 1.165) is 14.9 Å². The zero-order chi connectivity index (χ0) is 16.1. The van der Waals surface area contributed by atoms with Crippen LogP contribution >= 0.6 is 15.9 Å². The van der Waals surface area contributed by atoms with Crippen molar-refractivity contribution >= 4 is 39.2 Å². The van der Waals surface area contributed by atoms with Crippen LogP contribution in [0.5, 0.6) is 0 Å². The van der Waals surface area contributed by atoms with Crippen molar-refractivity contribution in [2.75, 3.05) is 10.6 Å². The van der Waals surface area contributed by atoms with E-state index in [1.807, 2.05) is 24.3 Å². The fraction of sp³-hybridized carbons (Fsp3) is 0.125. The van der Waals surface area contributed by atoms with Crippen molar-refractivity contribution in [3.05, 3.63) is 58.6 Å². The first kappa shape index (κ1) is 16.0. The second-order valence-electron chi connectivity index (χ2n) is 4.70. The van der Waals surface area contributed by atoms with Gasteiger partial charge in [-0.25, -0.2) is 9.69 Å². The molecule has 2 aromatic carbocycles. The molecule has 5 nitrogen and oxygen atoms in total. The summed E-state index contributed by atoms with van der Waals surface area (Å²) in [4.78, 5) is 25.2. The van der Waals surface area contributed by atoms with Crippen molar-refractivity contribution in [3.63, 3.8) is 0 Å². The van der Waals surface area contributed by atoms with Crippen molar-refractivity contribution < 1.29 is 9.59 Å². The molecule has 0 radical (unpaired) electrons. The largest absolute Gasteiger partial charge is 0.399 e. The van der Waals surface area contributed by atoms with Crippen molar-refractivity contribution in [3.8, 4) is 0 Å². The van der Waals surface area contributed by atoms with Crippen molar-refractivity contribution in [1.29, 1.82) is 0 Å². The monoisotopic (exact) mass is 361 g/mol. The number of nitrogen functional groups attached to an aromatic ring is 1. The Morgan fingerprint density at radius 3 is 2.55 bits per heavy atom. The van der Waals surface area contributed by atoms with Gasteiger partial charge in [-0.05, 0) is 29.8 Å². The average molecular weight is 362 g/mol. The van der Waals surface area contributed by atoms with Crippen LogP contribution in [0.3, 0.4) is 0 Å². The Morgan fingerprint density at radius 2 is 1.91 bits per heavy atom. The molecule has 0 heterocycles. The van der Waals surface area contributed by atoms with E-state index in [2.05, 4.69) is 21.2 Å². The van der Waals surface area contributed by atoms with E-state index in [9.17, 15) is 9.59 Å². The van der Waals surface area contributed by atoms with Gasteiger partial charge in [0.15, 0.2) is 0 Å². The highest BCUT2D eigenvalue weighted by Crippen LogP contribution is 2.19. The highest BCUT2D eigenvalue weighted by atomic mass is 79.9. The van der Waals surface area contributed by atoms with Crippen LogP contribution in [0.25, 0.3) is 0 Å². The normalized spacial score (nSPS) is 10.1. The smallest absolute Gasteiger partial charge is 0.329 e. The van der Waals surface area contributed by atoms with Crippen LogP contribution in [0.15, 0.2) is 53.0 Å². The standard InChI is InChI=1S/C16H16BrN3O2/c1-11(21)20(14-7-4-6-13(18)9-14)16(22)19-10-12-5-2-3-8-15(12)17/h2-9H,10,18H2,1H3,(H,19,22). The number of urea groups is 1. The molecule has 22 heavy (non-hydrogen) atoms. The Balaban J connectivity index is 2.14. The van der Waals surface area contributed by atoms with Gasteiger partial charge in [0.1, 0.15) is 0 Å². The third-order valence-electron chi connectivity index (χ3n) is 3.03. The van der Waals surface area contributed by atoms with Gasteiger partial charge in [0.2, 0.25) is 5.91 Å². The van der Waals surface area contributed by atoms with Crippen LogP contribution in [0.4, 0.5) is 16.2 Å². The van der Waals surface area contributed by atoms with E-state index in [4.69, 9.17) is 5.73 Å². The number of nitrogens with one attached hydrogen (secondary N) is 1. The number of rotatable bonds is 3. The van der Waals surface area contributed by atoms with Gasteiger partial charge in [0.25, 0.3) is 0 Å². The van der Waals surface area contributed by atoms with Crippen molar-refractivity contribution in [1.82, 2.24) is 5.32 Å². The molecule has 0 bridgehead atoms. The first-order valence-corrected chi connectivity index (χ1v) is 7.46. The molecule has 0 unspecified atom stereocenters. The maximum Gasteiger partial charge on any atom is 0.329 e. The topological polar surface area (TPSA) is 75.4 Å². The lowest BCUT2D eigenvalue weighted by atomic mass is 10.2. The minimum atomic E-state index is -0.492. The summed E-state index contributed by atoms with van der Waals surface area (Å²) in [7, 11) is 0. The van der Waals surface area contributed by atoms with E-state index in [0.29, 0.717) is 17.9 Å². The van der Waals surface area contributed by atoms with Gasteiger partial charge in [-0.15, -0.1) is 0 Å². The molecule has 0 saturated carbocycles. The molecule has 0 aliphatic heterocycles. The molecule has 0 fully saturated rings. The van der Waals surface area contributed by atoms with Crippen LogP contribution in [0.2, 0.25) is 0 Å². The van der Waals surface area contributed by atoms with E-state index in [1.165, 1.54) is 6.92 Å². The molecule has 0 saturated heterocycles. The summed E-state index contributed by atoms with van der Waals surface area (Å²) < 4.78 is 0.897. The Hall–Kier alpha value is -2.34. The van der Waals surface area contributed by atoms with Gasteiger partial charge in [-0.1, -0.05) is 40.2 Å². The summed E-state index contributed by atoms with van der Waals surface area (Å²) in [6.45, 7) is 1.65. The number of amides is 3. The maximum atomic E-state index is 12.3. The predicted octanol–water partition coefficient (Wildman–Crippen LogP) is 3.29. The molecular formula is C16H16BrN3O2. The van der Waals surface area contributed by atoms with Gasteiger partial charge >= 0.3 is 6.03 Å². The summed E-state index contributed by atoms with van der Waals surface area (Å²) in [5.41, 5.74) is 7.56. The number of nitrogens with zero attached hydrogens (tertiary/aromatic N) is 1. The van der Waals surface area contributed by atoms with Crippen LogP contribution in [-0.4, -0.2) is 11.9 Å². The molecule has 114 valence electrons. The molecule has 2 aromatic rings.